The van der Waals surface area contributed by atoms with E-state index < -0.39 is 0 Å². The summed E-state index contributed by atoms with van der Waals surface area (Å²) in [4.78, 5) is 0. The van der Waals surface area contributed by atoms with E-state index in [-0.39, 0.29) is 0 Å². The quantitative estimate of drug-likeness (QED) is 0.430. The summed E-state index contributed by atoms with van der Waals surface area (Å²) in [5, 5.41) is 0. The van der Waals surface area contributed by atoms with Gasteiger partial charge in [0, 0.05) is 0 Å². The van der Waals surface area contributed by atoms with Gasteiger partial charge >= 0.3 is 0 Å². The predicted octanol–water partition coefficient (Wildman–Crippen LogP) is 2.63. The molecule has 0 unspecified atom stereocenters. The molecule has 1 radical (unpaired) electrons. The second-order valence-electron chi connectivity index (χ2n) is 2.75. The van der Waals surface area contributed by atoms with Gasteiger partial charge in [-0.15, -0.1) is 0 Å². The van der Waals surface area contributed by atoms with Crippen molar-refractivity contribution in [2.24, 2.45) is 0 Å². The summed E-state index contributed by atoms with van der Waals surface area (Å²) in [6.07, 6.45) is 12.0. The molecule has 0 aromatic carbocycles. The molecule has 9 heavy (non-hydrogen) atoms. The fraction of sp³-hybridized carbons (Fsp3) is 0.444. The van der Waals surface area contributed by atoms with Crippen molar-refractivity contribution < 1.29 is 0 Å². The smallest absolute Gasteiger partial charge is 0.0128 e. The molecule has 0 aliphatic heterocycles. The van der Waals surface area contributed by atoms with Gasteiger partial charge in [0.25, 0.3) is 0 Å². The molecule has 0 heterocycles. The van der Waals surface area contributed by atoms with Crippen LogP contribution in [0.5, 0.6) is 0 Å². The van der Waals surface area contributed by atoms with Crippen LogP contribution >= 0.6 is 0 Å². The maximum Gasteiger partial charge on any atom is -0.0128 e. The summed E-state index contributed by atoms with van der Waals surface area (Å²) in [5.74, 6) is 0. The SMILES string of the molecule is [CH]1CCC2=C1CC=CC2. The van der Waals surface area contributed by atoms with Crippen molar-refractivity contribution in [2.45, 2.75) is 25.7 Å². The highest BCUT2D eigenvalue weighted by molar-refractivity contribution is 5.34. The summed E-state index contributed by atoms with van der Waals surface area (Å²) < 4.78 is 0. The maximum atomic E-state index is 2.39. The molecule has 0 heteroatoms. The van der Waals surface area contributed by atoms with E-state index in [2.05, 4.69) is 18.6 Å². The Hall–Kier alpha value is -0.520. The summed E-state index contributed by atoms with van der Waals surface area (Å²) in [7, 11) is 0. The standard InChI is InChI=1S/C9H11/c1-2-5-9-7-3-6-8(9)4-1/h1-2,6H,3-5,7H2. The van der Waals surface area contributed by atoms with Gasteiger partial charge in [-0.1, -0.05) is 23.3 Å². The van der Waals surface area contributed by atoms with Gasteiger partial charge in [0.2, 0.25) is 0 Å². The molecule has 0 fully saturated rings. The molecule has 0 N–H and O–H groups in total. The van der Waals surface area contributed by atoms with E-state index in [4.69, 9.17) is 0 Å². The number of hydrogen-bond acceptors (Lipinski definition) is 0. The highest BCUT2D eigenvalue weighted by atomic mass is 14.2. The number of allylic oxidation sites excluding steroid dienone is 4. The minimum Gasteiger partial charge on any atom is -0.0841 e. The number of rotatable bonds is 0. The van der Waals surface area contributed by atoms with Gasteiger partial charge in [0.1, 0.15) is 0 Å². The van der Waals surface area contributed by atoms with Crippen LogP contribution in [0.2, 0.25) is 0 Å². The largest absolute Gasteiger partial charge is 0.0841 e. The highest BCUT2D eigenvalue weighted by Gasteiger charge is 2.14. The monoisotopic (exact) mass is 119 g/mol. The van der Waals surface area contributed by atoms with Crippen molar-refractivity contribution >= 4 is 0 Å². The Morgan fingerprint density at radius 2 is 2.00 bits per heavy atom. The van der Waals surface area contributed by atoms with Crippen LogP contribution in [0.4, 0.5) is 0 Å². The van der Waals surface area contributed by atoms with E-state index >= 15 is 0 Å². The molecule has 0 aromatic heterocycles. The molecule has 0 saturated carbocycles. The topological polar surface area (TPSA) is 0 Å². The second kappa shape index (κ2) is 2.02. The lowest BCUT2D eigenvalue weighted by Gasteiger charge is -2.06. The number of hydrogen-bond donors (Lipinski definition) is 0. The molecule has 2 aliphatic carbocycles. The molecule has 0 atom stereocenters. The van der Waals surface area contributed by atoms with Crippen LogP contribution in [0.1, 0.15) is 25.7 Å². The molecule has 2 rings (SSSR count). The van der Waals surface area contributed by atoms with Crippen molar-refractivity contribution in [1.29, 1.82) is 0 Å². The molecule has 0 aromatic rings. The zero-order chi connectivity index (χ0) is 6.10. The Morgan fingerprint density at radius 3 is 2.89 bits per heavy atom. The Labute approximate surface area is 56.3 Å². The van der Waals surface area contributed by atoms with Gasteiger partial charge in [-0.3, -0.25) is 0 Å². The first kappa shape index (κ1) is 5.28. The van der Waals surface area contributed by atoms with Crippen LogP contribution in [0.25, 0.3) is 0 Å². The Balaban J connectivity index is 2.21. The van der Waals surface area contributed by atoms with Gasteiger partial charge in [-0.05, 0) is 32.1 Å². The van der Waals surface area contributed by atoms with Crippen molar-refractivity contribution in [3.05, 3.63) is 29.7 Å². The first-order valence-electron chi connectivity index (χ1n) is 3.66. The molecule has 0 nitrogen and oxygen atoms in total. The van der Waals surface area contributed by atoms with Gasteiger partial charge in [0.15, 0.2) is 0 Å². The first-order chi connectivity index (χ1) is 4.47. The van der Waals surface area contributed by atoms with Gasteiger partial charge in [-0.25, -0.2) is 0 Å². The van der Waals surface area contributed by atoms with Crippen LogP contribution in [-0.2, 0) is 0 Å². The summed E-state index contributed by atoms with van der Waals surface area (Å²) in [5.41, 5.74) is 3.31. The molecule has 0 spiro atoms. The molecular weight excluding hydrogens is 108 g/mol. The zero-order valence-corrected chi connectivity index (χ0v) is 5.56. The molecular formula is C9H11. The van der Waals surface area contributed by atoms with E-state index in [1.54, 1.807) is 11.1 Å². The summed E-state index contributed by atoms with van der Waals surface area (Å²) in [6, 6.07) is 0. The Bertz CT molecular complexity index is 154. The molecule has 47 valence electrons. The lowest BCUT2D eigenvalue weighted by atomic mass is 10.0. The van der Waals surface area contributed by atoms with Crippen LogP contribution in [-0.4, -0.2) is 0 Å². The van der Waals surface area contributed by atoms with Gasteiger partial charge in [0.05, 0.1) is 0 Å². The fourth-order valence-corrected chi connectivity index (χ4v) is 1.62. The van der Waals surface area contributed by atoms with Gasteiger partial charge in [-0.2, -0.15) is 0 Å². The third kappa shape index (κ3) is 0.827. The molecule has 0 amide bonds. The molecule has 2 aliphatic rings. The van der Waals surface area contributed by atoms with E-state index in [0.29, 0.717) is 0 Å². The van der Waals surface area contributed by atoms with Crippen LogP contribution < -0.4 is 0 Å². The van der Waals surface area contributed by atoms with Crippen molar-refractivity contribution in [3.63, 3.8) is 0 Å². The minimum absolute atomic E-state index is 1.20. The summed E-state index contributed by atoms with van der Waals surface area (Å²) >= 11 is 0. The Morgan fingerprint density at radius 1 is 1.11 bits per heavy atom. The average molecular weight is 119 g/mol. The summed E-state index contributed by atoms with van der Waals surface area (Å²) in [6.45, 7) is 0. The Kier molecular flexibility index (Phi) is 1.18. The molecule has 0 saturated heterocycles. The van der Waals surface area contributed by atoms with E-state index in [1.807, 2.05) is 0 Å². The maximum absolute atomic E-state index is 2.39. The minimum atomic E-state index is 1.20. The van der Waals surface area contributed by atoms with Crippen molar-refractivity contribution in [3.8, 4) is 0 Å². The van der Waals surface area contributed by atoms with Crippen LogP contribution in [0.3, 0.4) is 0 Å². The van der Waals surface area contributed by atoms with E-state index in [0.717, 1.165) is 0 Å². The van der Waals surface area contributed by atoms with Crippen LogP contribution in [0.15, 0.2) is 23.3 Å². The zero-order valence-electron chi connectivity index (χ0n) is 5.56. The lowest BCUT2D eigenvalue weighted by Crippen LogP contribution is -1.86. The van der Waals surface area contributed by atoms with Crippen molar-refractivity contribution in [2.75, 3.05) is 0 Å². The van der Waals surface area contributed by atoms with Crippen molar-refractivity contribution in [1.82, 2.24) is 0 Å². The fourth-order valence-electron chi connectivity index (χ4n) is 1.62. The predicted molar refractivity (Wildman–Crippen MR) is 38.9 cm³/mol. The van der Waals surface area contributed by atoms with Gasteiger partial charge < -0.3 is 0 Å². The lowest BCUT2D eigenvalue weighted by molar-refractivity contribution is 0.968. The highest BCUT2D eigenvalue weighted by Crippen LogP contribution is 2.32. The molecule has 0 bridgehead atoms. The third-order valence-electron chi connectivity index (χ3n) is 2.16. The van der Waals surface area contributed by atoms with E-state index in [9.17, 15) is 0 Å². The normalized spacial score (nSPS) is 24.9. The van der Waals surface area contributed by atoms with Crippen LogP contribution in [0, 0.1) is 6.42 Å². The second-order valence-corrected chi connectivity index (χ2v) is 2.75. The average Bonchev–Trinajstić information content (AvgIpc) is 2.33. The first-order valence-corrected chi connectivity index (χ1v) is 3.66. The van der Waals surface area contributed by atoms with E-state index in [1.165, 1.54) is 25.7 Å². The third-order valence-corrected chi connectivity index (χ3v) is 2.16.